The largest absolute Gasteiger partial charge is 0.416 e. The third-order valence-corrected chi connectivity index (χ3v) is 6.28. The molecule has 4 rings (SSSR count). The second-order valence-corrected chi connectivity index (χ2v) is 8.44. The number of carbonyl (C=O) groups excluding carboxylic acids is 1. The molecule has 33 heavy (non-hydrogen) atoms. The van der Waals surface area contributed by atoms with Gasteiger partial charge in [0.05, 0.1) is 5.56 Å². The van der Waals surface area contributed by atoms with Gasteiger partial charge in [-0.05, 0) is 35.9 Å². The number of alkyl halides is 3. The Morgan fingerprint density at radius 3 is 2.52 bits per heavy atom. The summed E-state index contributed by atoms with van der Waals surface area (Å²) < 4.78 is 54.6. The van der Waals surface area contributed by atoms with E-state index < -0.39 is 17.6 Å². The number of rotatable bonds is 7. The maximum Gasteiger partial charge on any atom is 0.416 e. The molecule has 0 unspecified atom stereocenters. The lowest BCUT2D eigenvalue weighted by Gasteiger charge is -2.10. The molecule has 0 aliphatic carbocycles. The summed E-state index contributed by atoms with van der Waals surface area (Å²) in [5, 5.41) is 3.70. The van der Waals surface area contributed by atoms with Gasteiger partial charge in [0.25, 0.3) is 5.91 Å². The predicted octanol–water partition coefficient (Wildman–Crippen LogP) is 6.52. The number of aromatic nitrogens is 1. The Morgan fingerprint density at radius 1 is 0.970 bits per heavy atom. The number of nitrogens with one attached hydrogen (secondary N) is 1. The summed E-state index contributed by atoms with van der Waals surface area (Å²) in [7, 11) is 0. The summed E-state index contributed by atoms with van der Waals surface area (Å²) in [5.74, 6) is -0.329. The van der Waals surface area contributed by atoms with E-state index in [1.165, 1.54) is 30.0 Å². The van der Waals surface area contributed by atoms with E-state index in [1.54, 1.807) is 18.2 Å². The first-order valence-corrected chi connectivity index (χ1v) is 11.2. The summed E-state index contributed by atoms with van der Waals surface area (Å²) in [6.07, 6.45) is -2.55. The van der Waals surface area contributed by atoms with Crippen LogP contribution >= 0.6 is 11.8 Å². The standard InChI is InChI=1S/C25H20F4N2OS/c26-21-10-3-1-6-18(21)16-33-23-15-31(22-11-4-2-9-20(22)23)13-12-30-24(32)17-7-5-8-19(14-17)25(27,28)29/h1-11,14-15H,12-13,16H2,(H,30,32). The molecule has 1 N–H and O–H groups in total. The van der Waals surface area contributed by atoms with Crippen LogP contribution in [-0.4, -0.2) is 17.0 Å². The number of nitrogens with zero attached hydrogens (tertiary/aromatic N) is 1. The molecule has 1 aromatic heterocycles. The number of para-hydroxylation sites is 1. The Labute approximate surface area is 192 Å². The van der Waals surface area contributed by atoms with Crippen LogP contribution in [0.15, 0.2) is 83.9 Å². The van der Waals surface area contributed by atoms with Gasteiger partial charge < -0.3 is 9.88 Å². The van der Waals surface area contributed by atoms with Crippen LogP contribution in [0, 0.1) is 5.82 Å². The molecule has 0 saturated carbocycles. The molecule has 8 heteroatoms. The minimum absolute atomic E-state index is 0.0386. The molecule has 4 aromatic rings. The van der Waals surface area contributed by atoms with Crippen LogP contribution < -0.4 is 5.32 Å². The molecule has 170 valence electrons. The Hall–Kier alpha value is -3.26. The molecule has 3 nitrogen and oxygen atoms in total. The normalized spacial score (nSPS) is 11.6. The predicted molar refractivity (Wildman–Crippen MR) is 122 cm³/mol. The van der Waals surface area contributed by atoms with Gasteiger partial charge in [-0.2, -0.15) is 13.2 Å². The summed E-state index contributed by atoms with van der Waals surface area (Å²) >= 11 is 1.52. The van der Waals surface area contributed by atoms with E-state index in [0.717, 1.165) is 27.9 Å². The maximum absolute atomic E-state index is 14.0. The molecule has 0 bridgehead atoms. The lowest BCUT2D eigenvalue weighted by molar-refractivity contribution is -0.137. The van der Waals surface area contributed by atoms with E-state index >= 15 is 0 Å². The first-order valence-electron chi connectivity index (χ1n) is 10.2. The molecule has 0 saturated heterocycles. The highest BCUT2D eigenvalue weighted by Crippen LogP contribution is 2.33. The molecule has 0 aliphatic heterocycles. The van der Waals surface area contributed by atoms with Crippen LogP contribution in [0.25, 0.3) is 10.9 Å². The van der Waals surface area contributed by atoms with Crippen LogP contribution in [-0.2, 0) is 18.5 Å². The van der Waals surface area contributed by atoms with Gasteiger partial charge in [-0.3, -0.25) is 4.79 Å². The zero-order chi connectivity index (χ0) is 23.4. The molecule has 1 heterocycles. The van der Waals surface area contributed by atoms with E-state index in [-0.39, 0.29) is 17.9 Å². The second-order valence-electron chi connectivity index (χ2n) is 7.42. The number of amides is 1. The molecule has 3 aromatic carbocycles. The topological polar surface area (TPSA) is 34.0 Å². The summed E-state index contributed by atoms with van der Waals surface area (Å²) in [6.45, 7) is 0.677. The highest BCUT2D eigenvalue weighted by Gasteiger charge is 2.30. The molecule has 1 amide bonds. The van der Waals surface area contributed by atoms with Crippen molar-refractivity contribution in [3.8, 4) is 0 Å². The monoisotopic (exact) mass is 472 g/mol. The fourth-order valence-corrected chi connectivity index (χ4v) is 4.59. The Balaban J connectivity index is 1.44. The molecular formula is C25H20F4N2OS. The smallest absolute Gasteiger partial charge is 0.350 e. The van der Waals surface area contributed by atoms with E-state index in [1.807, 2.05) is 35.0 Å². The first-order chi connectivity index (χ1) is 15.8. The number of hydrogen-bond acceptors (Lipinski definition) is 2. The maximum atomic E-state index is 14.0. The van der Waals surface area contributed by atoms with E-state index in [0.29, 0.717) is 17.9 Å². The molecule has 0 spiro atoms. The zero-order valence-corrected chi connectivity index (χ0v) is 18.2. The summed E-state index contributed by atoms with van der Waals surface area (Å²) in [4.78, 5) is 13.3. The Morgan fingerprint density at radius 2 is 1.73 bits per heavy atom. The van der Waals surface area contributed by atoms with Gasteiger partial charge >= 0.3 is 6.18 Å². The van der Waals surface area contributed by atoms with Gasteiger partial charge in [-0.1, -0.05) is 42.5 Å². The number of halogens is 4. The quantitative estimate of drug-likeness (QED) is 0.245. The van der Waals surface area contributed by atoms with Crippen molar-refractivity contribution in [2.45, 2.75) is 23.4 Å². The van der Waals surface area contributed by atoms with Crippen molar-refractivity contribution >= 4 is 28.6 Å². The lowest BCUT2D eigenvalue weighted by Crippen LogP contribution is -2.27. The molecular weight excluding hydrogens is 452 g/mol. The molecule has 0 radical (unpaired) electrons. The second kappa shape index (κ2) is 9.70. The fourth-order valence-electron chi connectivity index (χ4n) is 3.51. The van der Waals surface area contributed by atoms with Gasteiger partial charge in [0.1, 0.15) is 5.82 Å². The van der Waals surface area contributed by atoms with Gasteiger partial charge in [0, 0.05) is 46.4 Å². The van der Waals surface area contributed by atoms with Crippen LogP contribution in [0.5, 0.6) is 0 Å². The number of benzene rings is 3. The summed E-state index contributed by atoms with van der Waals surface area (Å²) in [5.41, 5.74) is 0.681. The first kappa shape index (κ1) is 22.9. The molecule has 0 atom stereocenters. The van der Waals surface area contributed by atoms with Gasteiger partial charge in [0.2, 0.25) is 0 Å². The summed E-state index contributed by atoms with van der Waals surface area (Å²) in [6, 6.07) is 18.8. The molecule has 0 aliphatic rings. The third-order valence-electron chi connectivity index (χ3n) is 5.18. The third kappa shape index (κ3) is 5.39. The number of thioether (sulfide) groups is 1. The van der Waals surface area contributed by atoms with E-state index in [2.05, 4.69) is 5.32 Å². The fraction of sp³-hybridized carbons (Fsp3) is 0.160. The number of hydrogen-bond donors (Lipinski definition) is 1. The average Bonchev–Trinajstić information content (AvgIpc) is 3.16. The van der Waals surface area contributed by atoms with Crippen molar-refractivity contribution in [2.24, 2.45) is 0 Å². The van der Waals surface area contributed by atoms with E-state index in [9.17, 15) is 22.4 Å². The highest BCUT2D eigenvalue weighted by molar-refractivity contribution is 7.98. The zero-order valence-electron chi connectivity index (χ0n) is 17.4. The number of fused-ring (bicyclic) bond motifs is 1. The van der Waals surface area contributed by atoms with Gasteiger partial charge in [-0.25, -0.2) is 4.39 Å². The van der Waals surface area contributed by atoms with Crippen molar-refractivity contribution in [1.82, 2.24) is 9.88 Å². The van der Waals surface area contributed by atoms with Crippen LogP contribution in [0.1, 0.15) is 21.5 Å². The molecule has 0 fully saturated rings. The van der Waals surface area contributed by atoms with Gasteiger partial charge in [-0.15, -0.1) is 11.8 Å². The SMILES string of the molecule is O=C(NCCn1cc(SCc2ccccc2F)c2ccccc21)c1cccc(C(F)(F)F)c1. The van der Waals surface area contributed by atoms with Crippen LogP contribution in [0.3, 0.4) is 0 Å². The average molecular weight is 473 g/mol. The van der Waals surface area contributed by atoms with Crippen LogP contribution in [0.4, 0.5) is 17.6 Å². The van der Waals surface area contributed by atoms with Crippen molar-refractivity contribution in [3.63, 3.8) is 0 Å². The Kier molecular flexibility index (Phi) is 6.74. The minimum atomic E-state index is -4.50. The van der Waals surface area contributed by atoms with Crippen molar-refractivity contribution in [3.05, 3.63) is 102 Å². The van der Waals surface area contributed by atoms with E-state index in [4.69, 9.17) is 0 Å². The highest BCUT2D eigenvalue weighted by atomic mass is 32.2. The van der Waals surface area contributed by atoms with Crippen molar-refractivity contribution < 1.29 is 22.4 Å². The minimum Gasteiger partial charge on any atom is -0.350 e. The van der Waals surface area contributed by atoms with Crippen molar-refractivity contribution in [2.75, 3.05) is 6.54 Å². The van der Waals surface area contributed by atoms with Crippen LogP contribution in [0.2, 0.25) is 0 Å². The van der Waals surface area contributed by atoms with Crippen molar-refractivity contribution in [1.29, 1.82) is 0 Å². The van der Waals surface area contributed by atoms with Gasteiger partial charge in [0.15, 0.2) is 0 Å². The lowest BCUT2D eigenvalue weighted by atomic mass is 10.1. The number of carbonyl (C=O) groups is 1. The Bertz CT molecular complexity index is 1280.